The van der Waals surface area contributed by atoms with E-state index in [1.54, 1.807) is 76.7 Å². The molecule has 4 aromatic rings. The number of aromatic nitrogens is 3. The number of H-pyrrole nitrogens is 1. The molecule has 2 aromatic carbocycles. The van der Waals surface area contributed by atoms with Crippen LogP contribution < -0.4 is 9.04 Å². The molecule has 36 heavy (non-hydrogen) atoms. The SMILES string of the molecule is COc1ccc(CN(c2scnc2C(=O)OC(C)(C)C)S(=O)(=O)c2ccc(-c3cn[nH]c3)cc2)cc1. The Morgan fingerprint density at radius 2 is 1.75 bits per heavy atom. The number of nitrogens with zero attached hydrogens (tertiary/aromatic N) is 3. The molecule has 0 bridgehead atoms. The first-order chi connectivity index (χ1) is 17.1. The van der Waals surface area contributed by atoms with Gasteiger partial charge < -0.3 is 9.47 Å². The Hall–Kier alpha value is -3.70. The number of carbonyl (C=O) groups excluding carboxylic acids is 1. The Balaban J connectivity index is 1.75. The molecule has 2 heterocycles. The van der Waals surface area contributed by atoms with Crippen LogP contribution >= 0.6 is 11.3 Å². The van der Waals surface area contributed by atoms with E-state index in [1.807, 2.05) is 0 Å². The Bertz CT molecular complexity index is 1420. The number of hydrogen-bond donors (Lipinski definition) is 1. The third-order valence-electron chi connectivity index (χ3n) is 5.13. The van der Waals surface area contributed by atoms with Gasteiger partial charge in [0, 0.05) is 11.8 Å². The molecular weight excluding hydrogens is 500 g/mol. The van der Waals surface area contributed by atoms with Crippen molar-refractivity contribution in [1.82, 2.24) is 15.2 Å². The Morgan fingerprint density at radius 1 is 1.06 bits per heavy atom. The minimum absolute atomic E-state index is 0.0200. The maximum Gasteiger partial charge on any atom is 0.360 e. The smallest absolute Gasteiger partial charge is 0.360 e. The monoisotopic (exact) mass is 526 g/mol. The summed E-state index contributed by atoms with van der Waals surface area (Å²) in [6.07, 6.45) is 3.38. The quantitative estimate of drug-likeness (QED) is 0.325. The summed E-state index contributed by atoms with van der Waals surface area (Å²) in [5.41, 5.74) is 2.98. The molecule has 0 radical (unpaired) electrons. The number of esters is 1. The van der Waals surface area contributed by atoms with Crippen molar-refractivity contribution in [2.24, 2.45) is 0 Å². The van der Waals surface area contributed by atoms with Crippen LogP contribution in [0.25, 0.3) is 11.1 Å². The number of nitrogens with one attached hydrogen (secondary N) is 1. The van der Waals surface area contributed by atoms with Crippen LogP contribution in [0.4, 0.5) is 5.00 Å². The molecule has 0 aliphatic rings. The average molecular weight is 527 g/mol. The van der Waals surface area contributed by atoms with Gasteiger partial charge in [0.15, 0.2) is 5.69 Å². The molecule has 0 amide bonds. The van der Waals surface area contributed by atoms with Gasteiger partial charge in [0.1, 0.15) is 16.4 Å². The predicted molar refractivity (Wildman–Crippen MR) is 138 cm³/mol. The van der Waals surface area contributed by atoms with Crippen LogP contribution in [0.5, 0.6) is 5.75 Å². The van der Waals surface area contributed by atoms with E-state index in [0.29, 0.717) is 11.3 Å². The number of methoxy groups -OCH3 is 1. The second kappa shape index (κ2) is 10.1. The zero-order chi connectivity index (χ0) is 25.9. The highest BCUT2D eigenvalue weighted by Crippen LogP contribution is 2.34. The number of thiazole rings is 1. The molecule has 0 aliphatic carbocycles. The van der Waals surface area contributed by atoms with Gasteiger partial charge in [-0.05, 0) is 56.2 Å². The third kappa shape index (κ3) is 5.58. The van der Waals surface area contributed by atoms with Gasteiger partial charge in [0.2, 0.25) is 0 Å². The van der Waals surface area contributed by atoms with Crippen molar-refractivity contribution in [3.63, 3.8) is 0 Å². The fourth-order valence-electron chi connectivity index (χ4n) is 3.40. The number of ether oxygens (including phenoxy) is 2. The fraction of sp³-hybridized carbons (Fsp3) is 0.240. The molecule has 9 nitrogen and oxygen atoms in total. The second-order valence-electron chi connectivity index (χ2n) is 8.88. The van der Waals surface area contributed by atoms with Crippen LogP contribution in [-0.4, -0.2) is 42.3 Å². The van der Waals surface area contributed by atoms with Gasteiger partial charge in [0.05, 0.1) is 30.3 Å². The number of carbonyl (C=O) groups is 1. The van der Waals surface area contributed by atoms with Crippen molar-refractivity contribution < 1.29 is 22.7 Å². The van der Waals surface area contributed by atoms with Crippen LogP contribution in [0.15, 0.2) is 71.3 Å². The second-order valence-corrected chi connectivity index (χ2v) is 11.6. The van der Waals surface area contributed by atoms with Crippen LogP contribution in [0.1, 0.15) is 36.8 Å². The highest BCUT2D eigenvalue weighted by molar-refractivity contribution is 7.93. The predicted octanol–water partition coefficient (Wildman–Crippen LogP) is 4.89. The molecular formula is C25H26N4O5S2. The molecule has 188 valence electrons. The summed E-state index contributed by atoms with van der Waals surface area (Å²) in [6, 6.07) is 13.5. The van der Waals surface area contributed by atoms with Crippen molar-refractivity contribution in [2.75, 3.05) is 11.4 Å². The summed E-state index contributed by atoms with van der Waals surface area (Å²) >= 11 is 1.06. The van der Waals surface area contributed by atoms with Crippen molar-refractivity contribution >= 4 is 32.3 Å². The van der Waals surface area contributed by atoms with E-state index >= 15 is 0 Å². The number of benzene rings is 2. The first-order valence-electron chi connectivity index (χ1n) is 11.0. The zero-order valence-electron chi connectivity index (χ0n) is 20.3. The molecule has 0 saturated carbocycles. The summed E-state index contributed by atoms with van der Waals surface area (Å²) in [6.45, 7) is 5.20. The topological polar surface area (TPSA) is 114 Å². The van der Waals surface area contributed by atoms with Gasteiger partial charge in [-0.3, -0.25) is 9.40 Å². The number of sulfonamides is 1. The molecule has 0 unspecified atom stereocenters. The maximum absolute atomic E-state index is 13.9. The summed E-state index contributed by atoms with van der Waals surface area (Å²) in [4.78, 5) is 17.1. The lowest BCUT2D eigenvalue weighted by atomic mass is 10.1. The zero-order valence-corrected chi connectivity index (χ0v) is 21.9. The number of anilines is 1. The lowest BCUT2D eigenvalue weighted by Gasteiger charge is -2.25. The highest BCUT2D eigenvalue weighted by Gasteiger charge is 2.32. The van der Waals surface area contributed by atoms with E-state index in [0.717, 1.165) is 22.5 Å². The third-order valence-corrected chi connectivity index (χ3v) is 7.85. The van der Waals surface area contributed by atoms with Crippen LogP contribution in [0.2, 0.25) is 0 Å². The first kappa shape index (κ1) is 25.4. The Labute approximate surface area is 213 Å². The number of hydrogen-bond acceptors (Lipinski definition) is 8. The Morgan fingerprint density at radius 3 is 2.33 bits per heavy atom. The van der Waals surface area contributed by atoms with E-state index in [4.69, 9.17) is 9.47 Å². The lowest BCUT2D eigenvalue weighted by molar-refractivity contribution is 0.00646. The van der Waals surface area contributed by atoms with Crippen molar-refractivity contribution in [2.45, 2.75) is 37.8 Å². The number of aromatic amines is 1. The van der Waals surface area contributed by atoms with E-state index in [-0.39, 0.29) is 22.1 Å². The van der Waals surface area contributed by atoms with Crippen LogP contribution in [-0.2, 0) is 21.3 Å². The maximum atomic E-state index is 13.9. The molecule has 0 fully saturated rings. The van der Waals surface area contributed by atoms with E-state index in [1.165, 1.54) is 21.9 Å². The number of rotatable bonds is 8. The Kier molecular flexibility index (Phi) is 7.14. The molecule has 0 spiro atoms. The van der Waals surface area contributed by atoms with E-state index < -0.39 is 21.6 Å². The lowest BCUT2D eigenvalue weighted by Crippen LogP contribution is -2.32. The molecule has 11 heteroatoms. The average Bonchev–Trinajstić information content (AvgIpc) is 3.54. The van der Waals surface area contributed by atoms with Crippen molar-refractivity contribution in [1.29, 1.82) is 0 Å². The van der Waals surface area contributed by atoms with Gasteiger partial charge in [0.25, 0.3) is 10.0 Å². The molecule has 2 aromatic heterocycles. The molecule has 0 saturated heterocycles. The highest BCUT2D eigenvalue weighted by atomic mass is 32.2. The molecule has 0 aliphatic heterocycles. The first-order valence-corrected chi connectivity index (χ1v) is 13.3. The van der Waals surface area contributed by atoms with Crippen LogP contribution in [0.3, 0.4) is 0 Å². The minimum atomic E-state index is -4.08. The van der Waals surface area contributed by atoms with E-state index in [9.17, 15) is 13.2 Å². The summed E-state index contributed by atoms with van der Waals surface area (Å²) in [7, 11) is -2.52. The van der Waals surface area contributed by atoms with Gasteiger partial charge in [-0.15, -0.1) is 11.3 Å². The largest absolute Gasteiger partial charge is 0.497 e. The molecule has 1 N–H and O–H groups in total. The normalized spacial score (nSPS) is 11.8. The van der Waals surface area contributed by atoms with E-state index in [2.05, 4.69) is 15.2 Å². The summed E-state index contributed by atoms with van der Waals surface area (Å²) < 4.78 is 39.7. The van der Waals surface area contributed by atoms with Crippen LogP contribution in [0, 0.1) is 0 Å². The molecule has 4 rings (SSSR count). The van der Waals surface area contributed by atoms with Gasteiger partial charge in [-0.2, -0.15) is 5.10 Å². The van der Waals surface area contributed by atoms with Gasteiger partial charge in [-0.25, -0.2) is 18.2 Å². The molecule has 0 atom stereocenters. The van der Waals surface area contributed by atoms with Crippen molar-refractivity contribution in [3.8, 4) is 16.9 Å². The minimum Gasteiger partial charge on any atom is -0.497 e. The standard InChI is InChI=1S/C25H26N4O5S2/c1-25(2,3)34-24(30)22-23(35-16-26-22)29(15-17-5-9-20(33-4)10-6-17)36(31,32)21-11-7-18(8-12-21)19-13-27-28-14-19/h5-14,16H,15H2,1-4H3,(H,27,28). The van der Waals surface area contributed by atoms with Gasteiger partial charge in [-0.1, -0.05) is 24.3 Å². The summed E-state index contributed by atoms with van der Waals surface area (Å²) in [5.74, 6) is -0.0424. The van der Waals surface area contributed by atoms with Gasteiger partial charge >= 0.3 is 5.97 Å². The summed E-state index contributed by atoms with van der Waals surface area (Å²) in [5, 5.41) is 6.86. The fourth-order valence-corrected chi connectivity index (χ4v) is 5.87. The van der Waals surface area contributed by atoms with Crippen molar-refractivity contribution in [3.05, 3.63) is 77.7 Å².